The normalized spacial score (nSPS) is 12.6. The van der Waals surface area contributed by atoms with Gasteiger partial charge in [-0.05, 0) is 89.9 Å². The molecule has 0 aromatic rings. The summed E-state index contributed by atoms with van der Waals surface area (Å²) in [7, 11) is 0. The highest BCUT2D eigenvalue weighted by Crippen LogP contribution is 2.17. The van der Waals surface area contributed by atoms with Crippen LogP contribution in [0.3, 0.4) is 0 Å². The topological polar surface area (TPSA) is 78.9 Å². The second kappa shape index (κ2) is 61.1. The van der Waals surface area contributed by atoms with E-state index in [0.717, 1.165) is 109 Å². The second-order valence-corrected chi connectivity index (χ2v) is 20.6. The molecule has 0 fully saturated rings. The Morgan fingerprint density at radius 2 is 0.534 bits per heavy atom. The van der Waals surface area contributed by atoms with Crippen molar-refractivity contribution in [2.75, 3.05) is 13.2 Å². The molecule has 1 unspecified atom stereocenters. The molecule has 0 heterocycles. The molecule has 73 heavy (non-hydrogen) atoms. The van der Waals surface area contributed by atoms with Crippen molar-refractivity contribution in [1.82, 2.24) is 0 Å². The summed E-state index contributed by atoms with van der Waals surface area (Å²) in [6.45, 7) is 6.42. The molecular weight excluding hydrogens is 901 g/mol. The third kappa shape index (κ3) is 59.3. The van der Waals surface area contributed by atoms with E-state index in [1.165, 1.54) is 154 Å². The Bertz CT molecular complexity index is 1400. The van der Waals surface area contributed by atoms with E-state index < -0.39 is 6.10 Å². The van der Waals surface area contributed by atoms with Gasteiger partial charge in [0.25, 0.3) is 0 Å². The van der Waals surface area contributed by atoms with Crippen LogP contribution in [0.15, 0.2) is 85.1 Å². The Labute approximate surface area is 452 Å². The number of allylic oxidation sites excluding steroid dienone is 14. The number of carbonyl (C=O) groups is 3. The lowest BCUT2D eigenvalue weighted by Crippen LogP contribution is -2.30. The summed E-state index contributed by atoms with van der Waals surface area (Å²) in [4.78, 5) is 38.2. The van der Waals surface area contributed by atoms with E-state index in [1.807, 2.05) is 0 Å². The summed E-state index contributed by atoms with van der Waals surface area (Å²) in [5.41, 5.74) is 0. The zero-order valence-corrected chi connectivity index (χ0v) is 48.1. The van der Waals surface area contributed by atoms with Crippen LogP contribution in [0, 0.1) is 0 Å². The first-order chi connectivity index (χ1) is 36.0. The molecule has 0 aliphatic carbocycles. The highest BCUT2D eigenvalue weighted by molar-refractivity contribution is 5.71. The quantitative estimate of drug-likeness (QED) is 0.0261. The van der Waals surface area contributed by atoms with E-state index in [1.54, 1.807) is 0 Å². The molecule has 420 valence electrons. The summed E-state index contributed by atoms with van der Waals surface area (Å²) in [6, 6.07) is 0. The van der Waals surface area contributed by atoms with Gasteiger partial charge in [-0.3, -0.25) is 14.4 Å². The molecule has 0 radical (unpaired) electrons. The standard InChI is InChI=1S/C67H116O6/c1-4-7-10-13-16-19-22-25-27-29-30-31-32-33-34-35-36-38-39-42-45-48-51-54-57-60-66(69)72-63-64(62-71-65(68)59-56-53-50-47-44-41-24-21-18-15-12-9-6-3)73-67(70)61-58-55-52-49-46-43-40-37-28-26-23-20-17-14-11-8-5-2/h7,9-10,12,16,18-19,21,25,27,30-31,41,44,64H,4-6,8,11,13-15,17,20,22-24,26,28-29,32-40,42-43,45-63H2,1-3H3/b10-7-,12-9-,19-16-,21-18-,27-25-,31-30-,44-41-. The van der Waals surface area contributed by atoms with E-state index in [4.69, 9.17) is 14.2 Å². The molecule has 1 atom stereocenters. The fourth-order valence-corrected chi connectivity index (χ4v) is 8.80. The lowest BCUT2D eigenvalue weighted by molar-refractivity contribution is -0.167. The smallest absolute Gasteiger partial charge is 0.306 e. The Kier molecular flexibility index (Phi) is 58.3. The lowest BCUT2D eigenvalue weighted by atomic mass is 10.0. The number of carbonyl (C=O) groups excluding carboxylic acids is 3. The predicted octanol–water partition coefficient (Wildman–Crippen LogP) is 21.1. The van der Waals surface area contributed by atoms with Crippen LogP contribution >= 0.6 is 0 Å². The van der Waals surface area contributed by atoms with Crippen molar-refractivity contribution in [1.29, 1.82) is 0 Å². The summed E-state index contributed by atoms with van der Waals surface area (Å²) in [5, 5.41) is 0. The van der Waals surface area contributed by atoms with Crippen molar-refractivity contribution in [3.8, 4) is 0 Å². The van der Waals surface area contributed by atoms with Gasteiger partial charge in [0.2, 0.25) is 0 Å². The van der Waals surface area contributed by atoms with Crippen molar-refractivity contribution >= 4 is 17.9 Å². The van der Waals surface area contributed by atoms with Crippen LogP contribution in [0.5, 0.6) is 0 Å². The second-order valence-electron chi connectivity index (χ2n) is 20.6. The number of rotatable bonds is 56. The Morgan fingerprint density at radius 3 is 0.849 bits per heavy atom. The molecule has 0 aliphatic heterocycles. The number of esters is 3. The van der Waals surface area contributed by atoms with Crippen LogP contribution < -0.4 is 0 Å². The van der Waals surface area contributed by atoms with Gasteiger partial charge in [-0.25, -0.2) is 0 Å². The number of hydrogen-bond donors (Lipinski definition) is 0. The van der Waals surface area contributed by atoms with E-state index in [0.29, 0.717) is 19.3 Å². The Morgan fingerprint density at radius 1 is 0.288 bits per heavy atom. The van der Waals surface area contributed by atoms with Crippen molar-refractivity contribution in [2.45, 2.75) is 309 Å². The van der Waals surface area contributed by atoms with Gasteiger partial charge < -0.3 is 14.2 Å². The molecule has 0 bridgehead atoms. The van der Waals surface area contributed by atoms with Crippen molar-refractivity contribution in [3.05, 3.63) is 85.1 Å². The average molecular weight is 1020 g/mol. The zero-order chi connectivity index (χ0) is 52.9. The largest absolute Gasteiger partial charge is 0.462 e. The van der Waals surface area contributed by atoms with Crippen molar-refractivity contribution < 1.29 is 28.6 Å². The highest BCUT2D eigenvalue weighted by Gasteiger charge is 2.19. The van der Waals surface area contributed by atoms with Gasteiger partial charge in [0.1, 0.15) is 13.2 Å². The predicted molar refractivity (Wildman–Crippen MR) is 316 cm³/mol. The van der Waals surface area contributed by atoms with E-state index in [9.17, 15) is 14.4 Å². The molecule has 0 N–H and O–H groups in total. The van der Waals surface area contributed by atoms with E-state index in [-0.39, 0.29) is 31.1 Å². The van der Waals surface area contributed by atoms with Crippen molar-refractivity contribution in [3.63, 3.8) is 0 Å². The molecular formula is C67H116O6. The monoisotopic (exact) mass is 1020 g/mol. The van der Waals surface area contributed by atoms with Crippen LogP contribution in [0.25, 0.3) is 0 Å². The van der Waals surface area contributed by atoms with Crippen molar-refractivity contribution in [2.24, 2.45) is 0 Å². The number of ether oxygens (including phenoxy) is 3. The molecule has 6 heteroatoms. The summed E-state index contributed by atoms with van der Waals surface area (Å²) in [6.07, 6.45) is 80.2. The maximum absolute atomic E-state index is 12.9. The molecule has 0 rings (SSSR count). The van der Waals surface area contributed by atoms with Crippen LogP contribution in [-0.4, -0.2) is 37.2 Å². The number of unbranched alkanes of at least 4 members (excludes halogenated alkanes) is 31. The SMILES string of the molecule is CC/C=C\C/C=C\C/C=C\C/C=C\CCCCCCCCCCCCCCC(=O)OCC(COC(=O)CCCCC/C=C\C/C=C\C/C=C\CC)OC(=O)CCCCCCCCCCCCCCCCCCC. The maximum atomic E-state index is 12.9. The molecule has 0 spiro atoms. The first-order valence-electron chi connectivity index (χ1n) is 31.1. The molecule has 0 aromatic heterocycles. The minimum Gasteiger partial charge on any atom is -0.462 e. The van der Waals surface area contributed by atoms with Gasteiger partial charge in [0, 0.05) is 19.3 Å². The van der Waals surface area contributed by atoms with Crippen LogP contribution in [-0.2, 0) is 28.6 Å². The Balaban J connectivity index is 4.30. The van der Waals surface area contributed by atoms with E-state index in [2.05, 4.69) is 106 Å². The van der Waals surface area contributed by atoms with Crippen LogP contribution in [0.1, 0.15) is 303 Å². The average Bonchev–Trinajstić information content (AvgIpc) is 3.39. The maximum Gasteiger partial charge on any atom is 0.306 e. The van der Waals surface area contributed by atoms with Gasteiger partial charge in [-0.2, -0.15) is 0 Å². The molecule has 0 aliphatic rings. The number of hydrogen-bond acceptors (Lipinski definition) is 6. The van der Waals surface area contributed by atoms with Crippen LogP contribution in [0.2, 0.25) is 0 Å². The summed E-state index contributed by atoms with van der Waals surface area (Å²) >= 11 is 0. The van der Waals surface area contributed by atoms with E-state index >= 15 is 0 Å². The fraction of sp³-hybridized carbons (Fsp3) is 0.746. The first-order valence-corrected chi connectivity index (χ1v) is 31.1. The Hall–Kier alpha value is -3.41. The van der Waals surface area contributed by atoms with Crippen LogP contribution in [0.4, 0.5) is 0 Å². The molecule has 0 amide bonds. The lowest BCUT2D eigenvalue weighted by Gasteiger charge is -2.18. The highest BCUT2D eigenvalue weighted by atomic mass is 16.6. The molecule has 6 nitrogen and oxygen atoms in total. The minimum atomic E-state index is -0.788. The van der Waals surface area contributed by atoms with Gasteiger partial charge in [0.15, 0.2) is 6.10 Å². The zero-order valence-electron chi connectivity index (χ0n) is 48.1. The summed E-state index contributed by atoms with van der Waals surface area (Å²) in [5.74, 6) is -0.904. The third-order valence-corrected chi connectivity index (χ3v) is 13.4. The molecule has 0 saturated carbocycles. The summed E-state index contributed by atoms with van der Waals surface area (Å²) < 4.78 is 16.9. The third-order valence-electron chi connectivity index (χ3n) is 13.4. The molecule has 0 aromatic carbocycles. The first kappa shape index (κ1) is 69.6. The molecule has 0 saturated heterocycles. The van der Waals surface area contributed by atoms with Gasteiger partial charge >= 0.3 is 17.9 Å². The van der Waals surface area contributed by atoms with Gasteiger partial charge in [0.05, 0.1) is 0 Å². The van der Waals surface area contributed by atoms with Gasteiger partial charge in [-0.1, -0.05) is 279 Å². The van der Waals surface area contributed by atoms with Gasteiger partial charge in [-0.15, -0.1) is 0 Å². The fourth-order valence-electron chi connectivity index (χ4n) is 8.80. The minimum absolute atomic E-state index is 0.0842.